The molecule has 1 aliphatic carbocycles. The Kier molecular flexibility index (Phi) is 6.36. The fraction of sp³-hybridized carbons (Fsp3) is 0.556. The van der Waals surface area contributed by atoms with Gasteiger partial charge in [0.15, 0.2) is 0 Å². The van der Waals surface area contributed by atoms with E-state index in [0.29, 0.717) is 19.4 Å². The molecule has 1 aliphatic rings. The van der Waals surface area contributed by atoms with Gasteiger partial charge in [-0.25, -0.2) is 9.18 Å². The van der Waals surface area contributed by atoms with Crippen molar-refractivity contribution in [1.82, 2.24) is 10.2 Å². The zero-order chi connectivity index (χ0) is 18.4. The van der Waals surface area contributed by atoms with E-state index in [4.69, 9.17) is 5.11 Å². The summed E-state index contributed by atoms with van der Waals surface area (Å²) in [6.07, 6.45) is 2.20. The number of carboxylic acid groups (broad SMARTS) is 1. The van der Waals surface area contributed by atoms with Gasteiger partial charge >= 0.3 is 12.0 Å². The van der Waals surface area contributed by atoms with Gasteiger partial charge < -0.3 is 20.4 Å². The average molecular weight is 352 g/mol. The Balaban J connectivity index is 1.99. The first-order valence-electron chi connectivity index (χ1n) is 8.46. The van der Waals surface area contributed by atoms with Gasteiger partial charge in [0.25, 0.3) is 0 Å². The number of halogens is 1. The molecular formula is C18H25FN2O4. The number of amides is 2. The molecule has 3 N–H and O–H groups in total. The molecule has 25 heavy (non-hydrogen) atoms. The number of rotatable bonds is 7. The fourth-order valence-corrected chi connectivity index (χ4v) is 3.36. The average Bonchev–Trinajstić information content (AvgIpc) is 2.93. The largest absolute Gasteiger partial charge is 0.481 e. The highest BCUT2D eigenvalue weighted by atomic mass is 19.1. The number of carboxylic acids is 1. The normalized spacial score (nSPS) is 22.6. The first-order chi connectivity index (χ1) is 11.8. The number of aliphatic carboxylic acids is 1. The quantitative estimate of drug-likeness (QED) is 0.700. The summed E-state index contributed by atoms with van der Waals surface area (Å²) in [6, 6.07) is 5.82. The van der Waals surface area contributed by atoms with Gasteiger partial charge in [-0.2, -0.15) is 0 Å². The zero-order valence-electron chi connectivity index (χ0n) is 14.4. The van der Waals surface area contributed by atoms with Crippen LogP contribution in [0.25, 0.3) is 0 Å². The summed E-state index contributed by atoms with van der Waals surface area (Å²) in [4.78, 5) is 24.1. The lowest BCUT2D eigenvalue weighted by Crippen LogP contribution is -2.47. The smallest absolute Gasteiger partial charge is 0.317 e. The van der Waals surface area contributed by atoms with Crippen molar-refractivity contribution >= 4 is 12.0 Å². The van der Waals surface area contributed by atoms with E-state index in [2.05, 4.69) is 5.32 Å². The van der Waals surface area contributed by atoms with Gasteiger partial charge in [-0.15, -0.1) is 0 Å². The molecule has 1 aromatic rings. The third-order valence-electron chi connectivity index (χ3n) is 4.93. The van der Waals surface area contributed by atoms with E-state index in [-0.39, 0.29) is 24.8 Å². The molecule has 1 saturated carbocycles. The summed E-state index contributed by atoms with van der Waals surface area (Å²) in [6.45, 7) is 0.413. The lowest BCUT2D eigenvalue weighted by atomic mass is 9.78. The number of hydrogen-bond acceptors (Lipinski definition) is 3. The summed E-state index contributed by atoms with van der Waals surface area (Å²) in [5.41, 5.74) is 0.428. The lowest BCUT2D eigenvalue weighted by molar-refractivity contribution is -0.137. The van der Waals surface area contributed by atoms with Crippen molar-refractivity contribution in [3.63, 3.8) is 0 Å². The van der Waals surface area contributed by atoms with Crippen LogP contribution >= 0.6 is 0 Å². The zero-order valence-corrected chi connectivity index (χ0v) is 14.4. The maximum Gasteiger partial charge on any atom is 0.317 e. The minimum absolute atomic E-state index is 0.118. The maximum absolute atomic E-state index is 13.1. The number of nitrogens with one attached hydrogen (secondary N) is 1. The van der Waals surface area contributed by atoms with Gasteiger partial charge in [0.05, 0.1) is 12.5 Å². The summed E-state index contributed by atoms with van der Waals surface area (Å²) in [5, 5.41) is 22.0. The van der Waals surface area contributed by atoms with Gasteiger partial charge in [0, 0.05) is 25.6 Å². The number of carbonyl (C=O) groups is 2. The lowest BCUT2D eigenvalue weighted by Gasteiger charge is -2.34. The van der Waals surface area contributed by atoms with E-state index < -0.39 is 17.5 Å². The monoisotopic (exact) mass is 352 g/mol. The molecule has 0 aliphatic heterocycles. The van der Waals surface area contributed by atoms with Crippen molar-refractivity contribution in [2.75, 3.05) is 20.1 Å². The van der Waals surface area contributed by atoms with Gasteiger partial charge in [-0.1, -0.05) is 18.6 Å². The molecule has 1 aromatic carbocycles. The van der Waals surface area contributed by atoms with Crippen LogP contribution in [0, 0.1) is 11.2 Å². The van der Waals surface area contributed by atoms with E-state index in [1.54, 1.807) is 12.1 Å². The molecule has 0 radical (unpaired) electrons. The second kappa shape index (κ2) is 8.29. The molecule has 2 unspecified atom stereocenters. The van der Waals surface area contributed by atoms with Crippen molar-refractivity contribution in [3.8, 4) is 0 Å². The van der Waals surface area contributed by atoms with Crippen LogP contribution < -0.4 is 5.32 Å². The molecule has 2 atom stereocenters. The highest BCUT2D eigenvalue weighted by Gasteiger charge is 2.42. The Morgan fingerprint density at radius 1 is 1.36 bits per heavy atom. The van der Waals surface area contributed by atoms with E-state index in [1.165, 1.54) is 24.1 Å². The highest BCUT2D eigenvalue weighted by Crippen LogP contribution is 2.40. The fourth-order valence-electron chi connectivity index (χ4n) is 3.36. The maximum atomic E-state index is 13.1. The summed E-state index contributed by atoms with van der Waals surface area (Å²) in [7, 11) is 1.54. The topological polar surface area (TPSA) is 89.9 Å². The number of urea groups is 1. The Bertz CT molecular complexity index is 608. The number of aliphatic hydroxyl groups is 1. The van der Waals surface area contributed by atoms with Crippen LogP contribution in [0.5, 0.6) is 0 Å². The summed E-state index contributed by atoms with van der Waals surface area (Å²) in [5.74, 6) is -1.27. The van der Waals surface area contributed by atoms with Gasteiger partial charge in [-0.3, -0.25) is 4.79 Å². The molecule has 1 fully saturated rings. The molecule has 2 rings (SSSR count). The Labute approximate surface area is 146 Å². The number of aliphatic hydroxyl groups excluding tert-OH is 1. The Morgan fingerprint density at radius 3 is 2.60 bits per heavy atom. The molecule has 0 heterocycles. The van der Waals surface area contributed by atoms with E-state index in [9.17, 15) is 19.1 Å². The highest BCUT2D eigenvalue weighted by molar-refractivity contribution is 5.75. The molecule has 2 amide bonds. The second-order valence-corrected chi connectivity index (χ2v) is 6.80. The SMILES string of the molecule is CN(CCC(=O)O)C(=O)NCC1(Cc2ccc(F)cc2)CCCC1O. The van der Waals surface area contributed by atoms with Crippen molar-refractivity contribution in [1.29, 1.82) is 0 Å². The minimum Gasteiger partial charge on any atom is -0.481 e. The number of benzene rings is 1. The number of nitrogens with zero attached hydrogens (tertiary/aromatic N) is 1. The van der Waals surface area contributed by atoms with Crippen LogP contribution in [0.2, 0.25) is 0 Å². The standard InChI is InChI=1S/C18H25FN2O4/c1-21(10-8-16(23)24)17(25)20-12-18(9-2-3-15(18)22)11-13-4-6-14(19)7-5-13/h4-7,15,22H,2-3,8-12H2,1H3,(H,20,25)(H,23,24). The molecule has 0 bridgehead atoms. The predicted octanol–water partition coefficient (Wildman–Crippen LogP) is 2.02. The first kappa shape index (κ1) is 19.2. The molecule has 0 spiro atoms. The van der Waals surface area contributed by atoms with Crippen LogP contribution in [0.15, 0.2) is 24.3 Å². The van der Waals surface area contributed by atoms with Crippen molar-refractivity contribution in [3.05, 3.63) is 35.6 Å². The van der Waals surface area contributed by atoms with Crippen molar-refractivity contribution < 1.29 is 24.2 Å². The minimum atomic E-state index is -0.960. The molecular weight excluding hydrogens is 327 g/mol. The first-order valence-corrected chi connectivity index (χ1v) is 8.46. The molecule has 138 valence electrons. The van der Waals surface area contributed by atoms with Crippen molar-refractivity contribution in [2.24, 2.45) is 5.41 Å². The van der Waals surface area contributed by atoms with Gasteiger partial charge in [-0.05, 0) is 37.0 Å². The summed E-state index contributed by atoms with van der Waals surface area (Å²) < 4.78 is 13.1. The van der Waals surface area contributed by atoms with E-state index in [0.717, 1.165) is 18.4 Å². The van der Waals surface area contributed by atoms with Crippen LogP contribution in [0.1, 0.15) is 31.2 Å². The molecule has 0 saturated heterocycles. The predicted molar refractivity (Wildman–Crippen MR) is 90.7 cm³/mol. The van der Waals surface area contributed by atoms with Gasteiger partial charge in [0.2, 0.25) is 0 Å². The molecule has 7 heteroatoms. The Hall–Kier alpha value is -2.15. The second-order valence-electron chi connectivity index (χ2n) is 6.80. The molecule has 6 nitrogen and oxygen atoms in total. The van der Waals surface area contributed by atoms with Crippen LogP contribution in [-0.4, -0.2) is 53.4 Å². The van der Waals surface area contributed by atoms with Crippen LogP contribution in [0.4, 0.5) is 9.18 Å². The third-order valence-corrected chi connectivity index (χ3v) is 4.93. The van der Waals surface area contributed by atoms with Crippen LogP contribution in [-0.2, 0) is 11.2 Å². The third kappa shape index (κ3) is 5.16. The van der Waals surface area contributed by atoms with Crippen LogP contribution in [0.3, 0.4) is 0 Å². The van der Waals surface area contributed by atoms with Crippen molar-refractivity contribution in [2.45, 2.75) is 38.2 Å². The molecule has 0 aromatic heterocycles. The summed E-state index contributed by atoms with van der Waals surface area (Å²) >= 11 is 0. The van der Waals surface area contributed by atoms with E-state index >= 15 is 0 Å². The number of hydrogen-bond donors (Lipinski definition) is 3. The Morgan fingerprint density at radius 2 is 2.04 bits per heavy atom. The van der Waals surface area contributed by atoms with Gasteiger partial charge in [0.1, 0.15) is 5.82 Å². The number of carbonyl (C=O) groups excluding carboxylic acids is 1. The van der Waals surface area contributed by atoms with E-state index in [1.807, 2.05) is 0 Å².